The zero-order valence-electron chi connectivity index (χ0n) is 24.1. The van der Waals surface area contributed by atoms with Crippen molar-refractivity contribution < 1.29 is 5.11 Å². The Bertz CT molecular complexity index is 1480. The number of aromatic nitrogens is 5. The second-order valence-electron chi connectivity index (χ2n) is 10.7. The molecule has 0 aliphatic carbocycles. The van der Waals surface area contributed by atoms with Gasteiger partial charge in [0.15, 0.2) is 11.5 Å². The number of rotatable bonds is 14. The van der Waals surface area contributed by atoms with Gasteiger partial charge < -0.3 is 15.3 Å². The van der Waals surface area contributed by atoms with Gasteiger partial charge in [-0.3, -0.25) is 4.79 Å². The first-order chi connectivity index (χ1) is 19.2. The highest BCUT2D eigenvalue weighted by atomic mass is 16.3. The van der Waals surface area contributed by atoms with E-state index in [1.807, 2.05) is 12.1 Å². The summed E-state index contributed by atoms with van der Waals surface area (Å²) in [5, 5.41) is 14.1. The van der Waals surface area contributed by atoms with Crippen LogP contribution in [-0.2, 0) is 12.1 Å². The van der Waals surface area contributed by atoms with Crippen molar-refractivity contribution in [2.24, 2.45) is 0 Å². The second-order valence-corrected chi connectivity index (χ2v) is 10.7. The molecule has 1 aromatic carbocycles. The van der Waals surface area contributed by atoms with E-state index in [4.69, 9.17) is 4.98 Å². The summed E-state index contributed by atoms with van der Waals surface area (Å²) in [5.41, 5.74) is 1.52. The lowest BCUT2D eigenvalue weighted by Gasteiger charge is -2.19. The average Bonchev–Trinajstić information content (AvgIpc) is 3.21. The average molecular weight is 544 g/mol. The standard InChI is InChI=1S/C31H41N7O2/c1-6-8-9-10-11-12-21-36(5)24-18-16-23(17-19-24)33-30-32-22-25-28(35-30)38(37(20-7-2)29(25)39)27-15-13-14-26(34-27)31(3,4)40/h7,13-19,22,40H,2,6,8-12,20-21H2,1,3-5H3,(H,32,33,35). The van der Waals surface area contributed by atoms with Gasteiger partial charge in [-0.25, -0.2) is 19.3 Å². The first-order valence-electron chi connectivity index (χ1n) is 14.1. The summed E-state index contributed by atoms with van der Waals surface area (Å²) in [6, 6.07) is 13.5. The third-order valence-electron chi connectivity index (χ3n) is 6.97. The van der Waals surface area contributed by atoms with Gasteiger partial charge >= 0.3 is 0 Å². The molecule has 0 saturated carbocycles. The Labute approximate surface area is 236 Å². The van der Waals surface area contributed by atoms with E-state index in [2.05, 4.69) is 52.9 Å². The Kier molecular flexibility index (Phi) is 9.37. The maximum Gasteiger partial charge on any atom is 0.278 e. The van der Waals surface area contributed by atoms with E-state index in [1.54, 1.807) is 42.8 Å². The predicted molar refractivity (Wildman–Crippen MR) is 163 cm³/mol. The molecule has 40 heavy (non-hydrogen) atoms. The van der Waals surface area contributed by atoms with Crippen LogP contribution in [0.2, 0.25) is 0 Å². The van der Waals surface area contributed by atoms with Crippen LogP contribution in [0.3, 0.4) is 0 Å². The molecular formula is C31H41N7O2. The number of unbranched alkanes of at least 4 members (excludes halogenated alkanes) is 5. The number of aliphatic hydroxyl groups is 1. The molecule has 3 heterocycles. The summed E-state index contributed by atoms with van der Waals surface area (Å²) >= 11 is 0. The van der Waals surface area contributed by atoms with Crippen LogP contribution in [0, 0.1) is 0 Å². The van der Waals surface area contributed by atoms with Crippen LogP contribution >= 0.6 is 0 Å². The van der Waals surface area contributed by atoms with E-state index in [9.17, 15) is 9.90 Å². The summed E-state index contributed by atoms with van der Waals surface area (Å²) < 4.78 is 3.17. The molecular weight excluding hydrogens is 502 g/mol. The minimum atomic E-state index is -1.14. The maximum absolute atomic E-state index is 13.2. The van der Waals surface area contributed by atoms with E-state index >= 15 is 0 Å². The molecule has 0 fully saturated rings. The molecule has 9 heteroatoms. The van der Waals surface area contributed by atoms with Crippen molar-refractivity contribution in [1.82, 2.24) is 24.3 Å². The normalized spacial score (nSPS) is 11.6. The van der Waals surface area contributed by atoms with Crippen LogP contribution in [0.5, 0.6) is 0 Å². The Balaban J connectivity index is 1.56. The van der Waals surface area contributed by atoms with Gasteiger partial charge in [-0.1, -0.05) is 51.2 Å². The highest BCUT2D eigenvalue weighted by molar-refractivity contribution is 5.77. The number of hydrogen-bond acceptors (Lipinski definition) is 7. The minimum Gasteiger partial charge on any atom is -0.384 e. The lowest BCUT2D eigenvalue weighted by Crippen LogP contribution is -2.23. The lowest BCUT2D eigenvalue weighted by molar-refractivity contribution is 0.0738. The quantitative estimate of drug-likeness (QED) is 0.150. The van der Waals surface area contributed by atoms with E-state index in [1.165, 1.54) is 49.4 Å². The summed E-state index contributed by atoms with van der Waals surface area (Å²) in [5.74, 6) is 0.833. The molecule has 212 valence electrons. The van der Waals surface area contributed by atoms with Gasteiger partial charge in [-0.2, -0.15) is 4.98 Å². The number of benzene rings is 1. The number of nitrogens with zero attached hydrogens (tertiary/aromatic N) is 6. The van der Waals surface area contributed by atoms with Crippen LogP contribution in [0.25, 0.3) is 16.9 Å². The molecule has 9 nitrogen and oxygen atoms in total. The van der Waals surface area contributed by atoms with E-state index < -0.39 is 5.60 Å². The van der Waals surface area contributed by atoms with Gasteiger partial charge in [0.1, 0.15) is 11.0 Å². The fraction of sp³-hybridized carbons (Fsp3) is 0.419. The summed E-state index contributed by atoms with van der Waals surface area (Å²) in [7, 11) is 2.12. The summed E-state index contributed by atoms with van der Waals surface area (Å²) in [4.78, 5) is 29.2. The molecule has 0 radical (unpaired) electrons. The Morgan fingerprint density at radius 3 is 2.48 bits per heavy atom. The van der Waals surface area contributed by atoms with E-state index in [-0.39, 0.29) is 12.1 Å². The van der Waals surface area contributed by atoms with Crippen LogP contribution in [-0.4, -0.2) is 43.0 Å². The molecule has 0 spiro atoms. The molecule has 4 aromatic rings. The number of fused-ring (bicyclic) bond motifs is 1. The number of allylic oxidation sites excluding steroid dienone is 1. The Morgan fingerprint density at radius 1 is 1.05 bits per heavy atom. The van der Waals surface area contributed by atoms with Gasteiger partial charge in [0.25, 0.3) is 5.56 Å². The predicted octanol–water partition coefficient (Wildman–Crippen LogP) is 5.93. The fourth-order valence-corrected chi connectivity index (χ4v) is 4.68. The summed E-state index contributed by atoms with van der Waals surface area (Å²) in [6.07, 6.45) is 10.9. The van der Waals surface area contributed by atoms with Crippen LogP contribution in [0.15, 0.2) is 66.1 Å². The maximum atomic E-state index is 13.2. The van der Waals surface area contributed by atoms with Gasteiger partial charge in [-0.15, -0.1) is 6.58 Å². The van der Waals surface area contributed by atoms with Crippen molar-refractivity contribution in [3.8, 4) is 5.82 Å². The van der Waals surface area contributed by atoms with Crippen molar-refractivity contribution >= 4 is 28.4 Å². The molecule has 0 aliphatic heterocycles. The first kappa shape index (κ1) is 29.0. The van der Waals surface area contributed by atoms with Crippen molar-refractivity contribution in [3.63, 3.8) is 0 Å². The monoisotopic (exact) mass is 543 g/mol. The molecule has 3 aromatic heterocycles. The molecule has 0 saturated heterocycles. The SMILES string of the molecule is C=CCn1c(=O)c2cnc(Nc3ccc(N(C)CCCCCCCC)cc3)nc2n1-c1cccc(C(C)(C)O)n1. The Hall–Kier alpha value is -3.98. The molecule has 0 bridgehead atoms. The van der Waals surface area contributed by atoms with E-state index in [0.29, 0.717) is 28.5 Å². The molecule has 4 rings (SSSR count). The van der Waals surface area contributed by atoms with Crippen molar-refractivity contribution in [3.05, 3.63) is 77.4 Å². The van der Waals surface area contributed by atoms with Gasteiger partial charge in [0.05, 0.1) is 12.2 Å². The molecule has 2 N–H and O–H groups in total. The second kappa shape index (κ2) is 12.9. The number of pyridine rings is 1. The zero-order valence-corrected chi connectivity index (χ0v) is 24.1. The van der Waals surface area contributed by atoms with Crippen LogP contribution < -0.4 is 15.8 Å². The van der Waals surface area contributed by atoms with E-state index in [0.717, 1.165) is 17.9 Å². The molecule has 0 amide bonds. The van der Waals surface area contributed by atoms with Gasteiger partial charge in [-0.05, 0) is 56.7 Å². The summed E-state index contributed by atoms with van der Waals surface area (Å²) in [6.45, 7) is 10.7. The molecule has 0 atom stereocenters. The first-order valence-corrected chi connectivity index (χ1v) is 14.1. The molecule has 0 aliphatic rings. The van der Waals surface area contributed by atoms with Crippen molar-refractivity contribution in [2.45, 2.75) is 71.4 Å². The van der Waals surface area contributed by atoms with Gasteiger partial charge in [0, 0.05) is 31.2 Å². The van der Waals surface area contributed by atoms with Crippen LogP contribution in [0.1, 0.15) is 65.0 Å². The van der Waals surface area contributed by atoms with Gasteiger partial charge in [0.2, 0.25) is 5.95 Å². The number of hydrogen-bond donors (Lipinski definition) is 2. The van der Waals surface area contributed by atoms with Crippen molar-refractivity contribution in [2.75, 3.05) is 23.8 Å². The fourth-order valence-electron chi connectivity index (χ4n) is 4.68. The molecule has 0 unspecified atom stereocenters. The largest absolute Gasteiger partial charge is 0.384 e. The van der Waals surface area contributed by atoms with Crippen molar-refractivity contribution in [1.29, 1.82) is 0 Å². The van der Waals surface area contributed by atoms with Crippen LogP contribution in [0.4, 0.5) is 17.3 Å². The zero-order chi connectivity index (χ0) is 28.7. The topological polar surface area (TPSA) is 101 Å². The highest BCUT2D eigenvalue weighted by Gasteiger charge is 2.21. The Morgan fingerprint density at radius 2 is 1.77 bits per heavy atom. The number of nitrogens with one attached hydrogen (secondary N) is 1. The third kappa shape index (κ3) is 6.77. The smallest absolute Gasteiger partial charge is 0.278 e. The number of anilines is 3. The minimum absolute atomic E-state index is 0.241. The third-order valence-corrected chi connectivity index (χ3v) is 6.97. The highest BCUT2D eigenvalue weighted by Crippen LogP contribution is 2.23. The lowest BCUT2D eigenvalue weighted by atomic mass is 10.1.